The van der Waals surface area contributed by atoms with Crippen LogP contribution in [0.15, 0.2) is 18.2 Å². The molecule has 0 heterocycles. The Morgan fingerprint density at radius 3 is 2.93 bits per heavy atom. The van der Waals surface area contributed by atoms with Gasteiger partial charge < -0.3 is 5.32 Å². The van der Waals surface area contributed by atoms with Crippen molar-refractivity contribution in [2.45, 2.75) is 6.42 Å². The van der Waals surface area contributed by atoms with Crippen LogP contribution < -0.4 is 5.32 Å². The van der Waals surface area contributed by atoms with Crippen LogP contribution in [0.2, 0.25) is 0 Å². The SMILES string of the molecule is N#Cc1cc(NC(=O)CCBr)ccc1F. The van der Waals surface area contributed by atoms with Gasteiger partial charge in [-0.3, -0.25) is 4.79 Å². The fraction of sp³-hybridized carbons (Fsp3) is 0.200. The van der Waals surface area contributed by atoms with E-state index in [0.29, 0.717) is 17.4 Å². The molecule has 0 aliphatic rings. The monoisotopic (exact) mass is 270 g/mol. The van der Waals surface area contributed by atoms with Gasteiger partial charge in [-0.1, -0.05) is 15.9 Å². The van der Waals surface area contributed by atoms with Crippen LogP contribution in [0, 0.1) is 17.1 Å². The summed E-state index contributed by atoms with van der Waals surface area (Å²) in [6.07, 6.45) is 0.333. The highest BCUT2D eigenvalue weighted by Gasteiger charge is 2.05. The molecule has 0 radical (unpaired) electrons. The third-order valence-corrected chi connectivity index (χ3v) is 2.09. The summed E-state index contributed by atoms with van der Waals surface area (Å²) in [5.74, 6) is -0.765. The van der Waals surface area contributed by atoms with Crippen molar-refractivity contribution in [2.75, 3.05) is 10.6 Å². The van der Waals surface area contributed by atoms with Crippen LogP contribution in [0.3, 0.4) is 0 Å². The molecule has 0 atom stereocenters. The van der Waals surface area contributed by atoms with E-state index in [9.17, 15) is 9.18 Å². The van der Waals surface area contributed by atoms with Crippen LogP contribution in [-0.2, 0) is 4.79 Å². The lowest BCUT2D eigenvalue weighted by molar-refractivity contribution is -0.115. The Balaban J connectivity index is 2.80. The second kappa shape index (κ2) is 5.47. The molecule has 1 rings (SSSR count). The summed E-state index contributed by atoms with van der Waals surface area (Å²) in [7, 11) is 0. The van der Waals surface area contributed by atoms with E-state index in [1.807, 2.05) is 0 Å². The van der Waals surface area contributed by atoms with Crippen LogP contribution in [-0.4, -0.2) is 11.2 Å². The summed E-state index contributed by atoms with van der Waals surface area (Å²) in [6.45, 7) is 0. The zero-order valence-corrected chi connectivity index (χ0v) is 9.34. The summed E-state index contributed by atoms with van der Waals surface area (Å²) in [4.78, 5) is 11.2. The van der Waals surface area contributed by atoms with Gasteiger partial charge >= 0.3 is 0 Å². The zero-order chi connectivity index (χ0) is 11.3. The number of rotatable bonds is 3. The predicted molar refractivity (Wildman–Crippen MR) is 58.2 cm³/mol. The zero-order valence-electron chi connectivity index (χ0n) is 7.76. The van der Waals surface area contributed by atoms with E-state index in [4.69, 9.17) is 5.26 Å². The molecule has 0 unspecified atom stereocenters. The van der Waals surface area contributed by atoms with E-state index >= 15 is 0 Å². The largest absolute Gasteiger partial charge is 0.326 e. The minimum atomic E-state index is -0.587. The molecule has 0 aliphatic carbocycles. The molecule has 15 heavy (non-hydrogen) atoms. The highest BCUT2D eigenvalue weighted by molar-refractivity contribution is 9.09. The van der Waals surface area contributed by atoms with Gasteiger partial charge in [0.25, 0.3) is 0 Å². The molecule has 0 saturated carbocycles. The standard InChI is InChI=1S/C10H8BrFN2O/c11-4-3-10(15)14-8-1-2-9(12)7(5-8)6-13/h1-2,5H,3-4H2,(H,14,15). The van der Waals surface area contributed by atoms with E-state index in [1.54, 1.807) is 6.07 Å². The van der Waals surface area contributed by atoms with Crippen LogP contribution in [0.4, 0.5) is 10.1 Å². The summed E-state index contributed by atoms with van der Waals surface area (Å²) in [5, 5.41) is 11.7. The van der Waals surface area contributed by atoms with Gasteiger partial charge in [0.1, 0.15) is 11.9 Å². The number of carbonyl (C=O) groups excluding carboxylic acids is 1. The van der Waals surface area contributed by atoms with Crippen LogP contribution >= 0.6 is 15.9 Å². The lowest BCUT2D eigenvalue weighted by Crippen LogP contribution is -2.11. The normalized spacial score (nSPS) is 9.40. The summed E-state index contributed by atoms with van der Waals surface area (Å²) < 4.78 is 12.9. The molecule has 0 fully saturated rings. The number of hydrogen-bond acceptors (Lipinski definition) is 2. The molecule has 3 nitrogen and oxygen atoms in total. The Hall–Kier alpha value is -1.41. The van der Waals surface area contributed by atoms with Crippen LogP contribution in [0.25, 0.3) is 0 Å². The number of carbonyl (C=O) groups is 1. The molecule has 1 N–H and O–H groups in total. The molecule has 0 saturated heterocycles. The lowest BCUT2D eigenvalue weighted by atomic mass is 10.2. The smallest absolute Gasteiger partial charge is 0.225 e. The number of hydrogen-bond donors (Lipinski definition) is 1. The van der Waals surface area contributed by atoms with Gasteiger partial charge in [-0.15, -0.1) is 0 Å². The molecule has 1 amide bonds. The molecule has 0 aromatic heterocycles. The van der Waals surface area contributed by atoms with Gasteiger partial charge in [-0.25, -0.2) is 4.39 Å². The lowest BCUT2D eigenvalue weighted by Gasteiger charge is -2.04. The van der Waals surface area contributed by atoms with E-state index in [-0.39, 0.29) is 11.5 Å². The van der Waals surface area contributed by atoms with Crippen molar-refractivity contribution in [1.29, 1.82) is 5.26 Å². The maximum atomic E-state index is 12.9. The van der Waals surface area contributed by atoms with Crippen molar-refractivity contribution in [3.05, 3.63) is 29.6 Å². The van der Waals surface area contributed by atoms with E-state index in [0.717, 1.165) is 6.07 Å². The molecule has 0 spiro atoms. The Labute approximate surface area is 95.0 Å². The quantitative estimate of drug-likeness (QED) is 0.858. The van der Waals surface area contributed by atoms with Crippen LogP contribution in [0.1, 0.15) is 12.0 Å². The number of nitriles is 1. The van der Waals surface area contributed by atoms with Gasteiger partial charge in [0.15, 0.2) is 0 Å². The van der Waals surface area contributed by atoms with Crippen molar-refractivity contribution in [3.8, 4) is 6.07 Å². The average molecular weight is 271 g/mol. The van der Waals surface area contributed by atoms with Gasteiger partial charge in [-0.05, 0) is 18.2 Å². The van der Waals surface area contributed by atoms with Crippen molar-refractivity contribution < 1.29 is 9.18 Å². The Morgan fingerprint density at radius 1 is 1.60 bits per heavy atom. The number of amides is 1. The number of nitrogens with zero attached hydrogens (tertiary/aromatic N) is 1. The average Bonchev–Trinajstić information content (AvgIpc) is 2.21. The Morgan fingerprint density at radius 2 is 2.33 bits per heavy atom. The molecule has 78 valence electrons. The first-order valence-electron chi connectivity index (χ1n) is 4.23. The molecular weight excluding hydrogens is 263 g/mol. The van der Waals surface area contributed by atoms with Crippen LogP contribution in [0.5, 0.6) is 0 Å². The first kappa shape index (κ1) is 11.7. The predicted octanol–water partition coefficient (Wildman–Crippen LogP) is 2.42. The molecule has 0 bridgehead atoms. The second-order valence-electron chi connectivity index (χ2n) is 2.79. The van der Waals surface area contributed by atoms with Crippen molar-refractivity contribution >= 4 is 27.5 Å². The third kappa shape index (κ3) is 3.33. The molecule has 5 heteroatoms. The van der Waals surface area contributed by atoms with Gasteiger partial charge in [-0.2, -0.15) is 5.26 Å². The molecular formula is C10H8BrFN2O. The Kier molecular flexibility index (Phi) is 4.25. The van der Waals surface area contributed by atoms with Gasteiger partial charge in [0.2, 0.25) is 5.91 Å². The molecule has 1 aromatic rings. The maximum absolute atomic E-state index is 12.9. The molecule has 0 aliphatic heterocycles. The number of benzene rings is 1. The maximum Gasteiger partial charge on any atom is 0.225 e. The van der Waals surface area contributed by atoms with E-state index in [2.05, 4.69) is 21.2 Å². The fourth-order valence-corrected chi connectivity index (χ4v) is 1.36. The number of anilines is 1. The van der Waals surface area contributed by atoms with Crippen molar-refractivity contribution in [3.63, 3.8) is 0 Å². The van der Waals surface area contributed by atoms with Gasteiger partial charge in [0.05, 0.1) is 5.56 Å². The minimum absolute atomic E-state index is 0.0772. The summed E-state index contributed by atoms with van der Waals surface area (Å²) in [6, 6.07) is 5.59. The molecule has 1 aromatic carbocycles. The fourth-order valence-electron chi connectivity index (χ4n) is 0.998. The number of nitrogens with one attached hydrogen (secondary N) is 1. The first-order valence-corrected chi connectivity index (χ1v) is 5.35. The number of halogens is 2. The third-order valence-electron chi connectivity index (χ3n) is 1.69. The second-order valence-corrected chi connectivity index (χ2v) is 3.59. The summed E-state index contributed by atoms with van der Waals surface area (Å²) >= 11 is 3.13. The van der Waals surface area contributed by atoms with Crippen molar-refractivity contribution in [2.24, 2.45) is 0 Å². The highest BCUT2D eigenvalue weighted by atomic mass is 79.9. The van der Waals surface area contributed by atoms with E-state index in [1.165, 1.54) is 12.1 Å². The number of alkyl halides is 1. The van der Waals surface area contributed by atoms with E-state index < -0.39 is 5.82 Å². The Bertz CT molecular complexity index is 414. The highest BCUT2D eigenvalue weighted by Crippen LogP contribution is 2.14. The van der Waals surface area contributed by atoms with Crippen molar-refractivity contribution in [1.82, 2.24) is 0 Å². The minimum Gasteiger partial charge on any atom is -0.326 e. The van der Waals surface area contributed by atoms with Gasteiger partial charge in [0, 0.05) is 17.4 Å². The topological polar surface area (TPSA) is 52.9 Å². The summed E-state index contributed by atoms with van der Waals surface area (Å²) in [5.41, 5.74) is 0.352. The first-order chi connectivity index (χ1) is 7.17.